The highest BCUT2D eigenvalue weighted by atomic mass is 19.1. The topological polar surface area (TPSA) is 77.3 Å². The number of hydrogen-bond acceptors (Lipinski definition) is 4. The lowest BCUT2D eigenvalue weighted by Crippen LogP contribution is -1.88. The van der Waals surface area contributed by atoms with E-state index >= 15 is 0 Å². The van der Waals surface area contributed by atoms with Crippen LogP contribution >= 0.6 is 0 Å². The highest BCUT2D eigenvalue weighted by molar-refractivity contribution is 5.76. The molecule has 5 nitrogen and oxygen atoms in total. The minimum absolute atomic E-state index is 0.0606. The molecule has 0 N–H and O–H groups in total. The Morgan fingerprint density at radius 2 is 1.70 bits per heavy atom. The van der Waals surface area contributed by atoms with Gasteiger partial charge in [-0.1, -0.05) is 24.3 Å². The molecular weight excluding hydrogens is 265 g/mol. The number of rotatable bonds is 3. The van der Waals surface area contributed by atoms with Crippen LogP contribution in [0.3, 0.4) is 0 Å². The van der Waals surface area contributed by atoms with E-state index in [-0.39, 0.29) is 11.3 Å². The second kappa shape index (κ2) is 7.52. The zero-order valence-corrected chi connectivity index (χ0v) is 10.2. The Balaban J connectivity index is 0.000000204. The van der Waals surface area contributed by atoms with Gasteiger partial charge in [-0.05, 0) is 12.1 Å². The van der Waals surface area contributed by atoms with Gasteiger partial charge in [-0.25, -0.2) is 4.39 Å². The zero-order valence-electron chi connectivity index (χ0n) is 10.2. The predicted molar refractivity (Wildman–Crippen MR) is 70.3 cm³/mol. The van der Waals surface area contributed by atoms with Gasteiger partial charge in [0.1, 0.15) is 12.1 Å². The Kier molecular flexibility index (Phi) is 5.71. The van der Waals surface area contributed by atoms with E-state index in [9.17, 15) is 24.1 Å². The van der Waals surface area contributed by atoms with Crippen molar-refractivity contribution < 1.29 is 18.9 Å². The van der Waals surface area contributed by atoms with Crippen LogP contribution in [0.2, 0.25) is 0 Å². The van der Waals surface area contributed by atoms with E-state index < -0.39 is 10.7 Å². The van der Waals surface area contributed by atoms with Gasteiger partial charge in [-0.3, -0.25) is 19.7 Å². The molecule has 0 spiro atoms. The van der Waals surface area contributed by atoms with Crippen molar-refractivity contribution in [2.45, 2.75) is 0 Å². The van der Waals surface area contributed by atoms with E-state index in [1.807, 2.05) is 0 Å². The summed E-state index contributed by atoms with van der Waals surface area (Å²) in [6.45, 7) is 0. The molecule has 0 atom stereocenters. The second-order valence-corrected chi connectivity index (χ2v) is 3.61. The lowest BCUT2D eigenvalue weighted by molar-refractivity contribution is -0.384. The lowest BCUT2D eigenvalue weighted by Gasteiger charge is -1.90. The van der Waals surface area contributed by atoms with Gasteiger partial charge in [-0.15, -0.1) is 0 Å². The van der Waals surface area contributed by atoms with Gasteiger partial charge in [0.2, 0.25) is 0 Å². The van der Waals surface area contributed by atoms with Gasteiger partial charge in [-0.2, -0.15) is 0 Å². The molecule has 0 amide bonds. The van der Waals surface area contributed by atoms with Crippen molar-refractivity contribution in [3.05, 3.63) is 75.6 Å². The molecule has 0 fully saturated rings. The molecule has 0 aliphatic carbocycles. The van der Waals surface area contributed by atoms with Gasteiger partial charge in [0.05, 0.1) is 10.5 Å². The summed E-state index contributed by atoms with van der Waals surface area (Å²) in [6, 6.07) is 11.4. The van der Waals surface area contributed by atoms with Crippen molar-refractivity contribution in [3.8, 4) is 0 Å². The van der Waals surface area contributed by atoms with Crippen LogP contribution in [0.15, 0.2) is 48.5 Å². The van der Waals surface area contributed by atoms with Crippen LogP contribution in [0.4, 0.5) is 10.1 Å². The van der Waals surface area contributed by atoms with Crippen LogP contribution in [0, 0.1) is 15.9 Å². The number of carbonyl (C=O) groups excluding carboxylic acids is 2. The molecule has 0 aliphatic heterocycles. The summed E-state index contributed by atoms with van der Waals surface area (Å²) in [7, 11) is 0. The summed E-state index contributed by atoms with van der Waals surface area (Å²) in [5.74, 6) is -0.465. The molecule has 0 saturated heterocycles. The third kappa shape index (κ3) is 4.41. The van der Waals surface area contributed by atoms with E-state index in [1.165, 1.54) is 36.4 Å². The Labute approximate surface area is 113 Å². The van der Waals surface area contributed by atoms with E-state index in [0.29, 0.717) is 18.1 Å². The predicted octanol–water partition coefficient (Wildman–Crippen LogP) is 3.05. The first-order valence-electron chi connectivity index (χ1n) is 5.48. The molecule has 0 heterocycles. The van der Waals surface area contributed by atoms with Crippen LogP contribution < -0.4 is 0 Å². The number of halogens is 1. The monoisotopic (exact) mass is 275 g/mol. The normalized spacial score (nSPS) is 9.05. The zero-order chi connectivity index (χ0) is 15.0. The van der Waals surface area contributed by atoms with Gasteiger partial charge in [0.25, 0.3) is 5.69 Å². The number of nitrogens with zero attached hydrogens (tertiary/aromatic N) is 1. The van der Waals surface area contributed by atoms with Crippen molar-refractivity contribution in [1.82, 2.24) is 0 Å². The Hall–Kier alpha value is -2.89. The summed E-state index contributed by atoms with van der Waals surface area (Å²) >= 11 is 0. The fourth-order valence-corrected chi connectivity index (χ4v) is 1.28. The van der Waals surface area contributed by atoms with Crippen molar-refractivity contribution in [2.24, 2.45) is 0 Å². The van der Waals surface area contributed by atoms with Crippen molar-refractivity contribution in [3.63, 3.8) is 0 Å². The molecule has 2 aromatic carbocycles. The van der Waals surface area contributed by atoms with Crippen LogP contribution in [0.5, 0.6) is 0 Å². The molecule has 0 saturated carbocycles. The quantitative estimate of drug-likeness (QED) is 0.490. The molecule has 6 heteroatoms. The number of non-ortho nitro benzene ring substituents is 1. The fraction of sp³-hybridized carbons (Fsp3) is 0. The molecule has 102 valence electrons. The summed E-state index contributed by atoms with van der Waals surface area (Å²) in [5, 5.41) is 10.2. The van der Waals surface area contributed by atoms with Crippen LogP contribution in [-0.4, -0.2) is 17.5 Å². The third-order valence-electron chi connectivity index (χ3n) is 2.25. The molecular formula is C14H10FNO4. The van der Waals surface area contributed by atoms with Gasteiger partial charge < -0.3 is 0 Å². The average molecular weight is 275 g/mol. The molecule has 0 aromatic heterocycles. The highest BCUT2D eigenvalue weighted by Gasteiger charge is 2.03. The standard InChI is InChI=1S/C7H5FO.C7H5NO3/c8-7-4-2-1-3-6(7)5-9;9-5-6-2-1-3-7(4-6)8(10)11/h1-5H;1-5H. The lowest BCUT2D eigenvalue weighted by atomic mass is 10.2. The number of carbonyl (C=O) groups is 2. The molecule has 0 radical (unpaired) electrons. The molecule has 0 aliphatic rings. The Morgan fingerprint density at radius 3 is 2.20 bits per heavy atom. The number of aldehydes is 2. The van der Waals surface area contributed by atoms with E-state index in [4.69, 9.17) is 0 Å². The maximum atomic E-state index is 12.4. The summed E-state index contributed by atoms with van der Waals surface area (Å²) in [5.41, 5.74) is 0.367. The maximum absolute atomic E-state index is 12.4. The van der Waals surface area contributed by atoms with Crippen molar-refractivity contribution in [1.29, 1.82) is 0 Å². The SMILES string of the molecule is O=Cc1cccc([N+](=O)[O-])c1.O=Cc1ccccc1F. The second-order valence-electron chi connectivity index (χ2n) is 3.61. The van der Waals surface area contributed by atoms with Gasteiger partial charge in [0.15, 0.2) is 6.29 Å². The third-order valence-corrected chi connectivity index (χ3v) is 2.25. The Bertz CT molecular complexity index is 628. The van der Waals surface area contributed by atoms with E-state index in [1.54, 1.807) is 12.1 Å². The van der Waals surface area contributed by atoms with Gasteiger partial charge >= 0.3 is 0 Å². The first-order chi connectivity index (χ1) is 9.58. The number of nitro groups is 1. The van der Waals surface area contributed by atoms with Crippen LogP contribution in [0.25, 0.3) is 0 Å². The Morgan fingerprint density at radius 1 is 1.00 bits per heavy atom. The summed E-state index contributed by atoms with van der Waals surface area (Å²) in [6.07, 6.45) is 1.07. The smallest absolute Gasteiger partial charge is 0.270 e. The highest BCUT2D eigenvalue weighted by Crippen LogP contribution is 2.10. The average Bonchev–Trinajstić information content (AvgIpc) is 2.48. The van der Waals surface area contributed by atoms with Crippen molar-refractivity contribution in [2.75, 3.05) is 0 Å². The largest absolute Gasteiger partial charge is 0.298 e. The van der Waals surface area contributed by atoms with Crippen LogP contribution in [-0.2, 0) is 0 Å². The molecule has 0 bridgehead atoms. The summed E-state index contributed by atoms with van der Waals surface area (Å²) < 4.78 is 12.4. The van der Waals surface area contributed by atoms with Crippen molar-refractivity contribution >= 4 is 18.3 Å². The molecule has 0 unspecified atom stereocenters. The minimum atomic E-state index is -0.535. The van der Waals surface area contributed by atoms with Crippen LogP contribution in [0.1, 0.15) is 20.7 Å². The molecule has 20 heavy (non-hydrogen) atoms. The summed E-state index contributed by atoms with van der Waals surface area (Å²) in [4.78, 5) is 29.8. The minimum Gasteiger partial charge on any atom is -0.298 e. The molecule has 2 aromatic rings. The number of nitro benzene ring substituents is 1. The molecule has 2 rings (SSSR count). The maximum Gasteiger partial charge on any atom is 0.270 e. The first kappa shape index (κ1) is 15.2. The number of hydrogen-bond donors (Lipinski definition) is 0. The van der Waals surface area contributed by atoms with E-state index in [0.717, 1.165) is 0 Å². The number of benzene rings is 2. The van der Waals surface area contributed by atoms with Gasteiger partial charge in [0, 0.05) is 17.7 Å². The fourth-order valence-electron chi connectivity index (χ4n) is 1.28. The van der Waals surface area contributed by atoms with E-state index in [2.05, 4.69) is 0 Å². The first-order valence-corrected chi connectivity index (χ1v) is 5.48.